The SMILES string of the molecule is Cc1ccc(C2CCC(c3ccc(C)c(C)c3)CC2)cc1. The van der Waals surface area contributed by atoms with Gasteiger partial charge in [0.25, 0.3) is 0 Å². The first kappa shape index (κ1) is 14.4. The molecule has 0 spiro atoms. The van der Waals surface area contributed by atoms with E-state index in [2.05, 4.69) is 63.2 Å². The van der Waals surface area contributed by atoms with Gasteiger partial charge in [-0.25, -0.2) is 0 Å². The van der Waals surface area contributed by atoms with Gasteiger partial charge in [-0.2, -0.15) is 0 Å². The second kappa shape index (κ2) is 6.05. The van der Waals surface area contributed by atoms with Crippen molar-refractivity contribution in [1.29, 1.82) is 0 Å². The molecule has 1 fully saturated rings. The van der Waals surface area contributed by atoms with Crippen LogP contribution in [0.25, 0.3) is 0 Å². The van der Waals surface area contributed by atoms with Gasteiger partial charge in [0, 0.05) is 0 Å². The van der Waals surface area contributed by atoms with Crippen molar-refractivity contribution in [3.05, 3.63) is 70.3 Å². The zero-order valence-electron chi connectivity index (χ0n) is 13.5. The Kier molecular flexibility index (Phi) is 4.14. The summed E-state index contributed by atoms with van der Waals surface area (Å²) in [6.45, 7) is 6.60. The topological polar surface area (TPSA) is 0 Å². The second-order valence-corrected chi connectivity index (χ2v) is 6.80. The van der Waals surface area contributed by atoms with E-state index >= 15 is 0 Å². The first-order valence-corrected chi connectivity index (χ1v) is 8.27. The Morgan fingerprint density at radius 1 is 0.619 bits per heavy atom. The molecule has 0 atom stereocenters. The van der Waals surface area contributed by atoms with Crippen LogP contribution in [0.4, 0.5) is 0 Å². The monoisotopic (exact) mass is 278 g/mol. The highest BCUT2D eigenvalue weighted by atomic mass is 14.3. The van der Waals surface area contributed by atoms with E-state index in [0.717, 1.165) is 11.8 Å². The minimum Gasteiger partial charge on any atom is -0.0590 e. The van der Waals surface area contributed by atoms with Gasteiger partial charge >= 0.3 is 0 Å². The molecule has 1 aliphatic carbocycles. The third-order valence-corrected chi connectivity index (χ3v) is 5.28. The largest absolute Gasteiger partial charge is 0.0590 e. The van der Waals surface area contributed by atoms with Gasteiger partial charge in [0.1, 0.15) is 0 Å². The molecule has 21 heavy (non-hydrogen) atoms. The van der Waals surface area contributed by atoms with Crippen LogP contribution < -0.4 is 0 Å². The van der Waals surface area contributed by atoms with Crippen LogP contribution in [0.5, 0.6) is 0 Å². The van der Waals surface area contributed by atoms with E-state index in [4.69, 9.17) is 0 Å². The lowest BCUT2D eigenvalue weighted by molar-refractivity contribution is 0.396. The predicted molar refractivity (Wildman–Crippen MR) is 91.0 cm³/mol. The molecule has 1 aliphatic rings. The molecule has 110 valence electrons. The molecule has 0 saturated heterocycles. The van der Waals surface area contributed by atoms with Crippen LogP contribution in [0, 0.1) is 20.8 Å². The van der Waals surface area contributed by atoms with Crippen LogP contribution >= 0.6 is 0 Å². The lowest BCUT2D eigenvalue weighted by Crippen LogP contribution is -2.12. The molecule has 0 aromatic heterocycles. The maximum atomic E-state index is 2.41. The summed E-state index contributed by atoms with van der Waals surface area (Å²) in [6, 6.07) is 16.2. The first-order valence-electron chi connectivity index (χ1n) is 8.27. The molecule has 2 aromatic rings. The molecule has 0 N–H and O–H groups in total. The quantitative estimate of drug-likeness (QED) is 0.627. The average molecular weight is 278 g/mol. The van der Waals surface area contributed by atoms with Gasteiger partial charge in [0.15, 0.2) is 0 Å². The molecule has 0 bridgehead atoms. The predicted octanol–water partition coefficient (Wildman–Crippen LogP) is 6.05. The molecule has 0 aliphatic heterocycles. The summed E-state index contributed by atoms with van der Waals surface area (Å²) < 4.78 is 0. The van der Waals surface area contributed by atoms with Crippen molar-refractivity contribution in [2.75, 3.05) is 0 Å². The molecule has 2 aromatic carbocycles. The minimum absolute atomic E-state index is 0.769. The summed E-state index contributed by atoms with van der Waals surface area (Å²) in [6.07, 6.45) is 5.34. The van der Waals surface area contributed by atoms with Gasteiger partial charge in [-0.1, -0.05) is 48.0 Å². The van der Waals surface area contributed by atoms with Crippen molar-refractivity contribution in [3.63, 3.8) is 0 Å². The maximum absolute atomic E-state index is 2.41. The van der Waals surface area contributed by atoms with Crippen LogP contribution in [0.2, 0.25) is 0 Å². The summed E-state index contributed by atoms with van der Waals surface area (Å²) >= 11 is 0. The zero-order valence-corrected chi connectivity index (χ0v) is 13.5. The fraction of sp³-hybridized carbons (Fsp3) is 0.429. The summed E-state index contributed by atoms with van der Waals surface area (Å²) in [5.41, 5.74) is 7.31. The molecule has 0 heterocycles. The molecule has 3 rings (SSSR count). The summed E-state index contributed by atoms with van der Waals surface area (Å²) in [4.78, 5) is 0. The lowest BCUT2D eigenvalue weighted by atomic mass is 9.76. The van der Waals surface area contributed by atoms with Crippen molar-refractivity contribution in [2.24, 2.45) is 0 Å². The van der Waals surface area contributed by atoms with Crippen molar-refractivity contribution < 1.29 is 0 Å². The number of hydrogen-bond donors (Lipinski definition) is 0. The highest BCUT2D eigenvalue weighted by Crippen LogP contribution is 2.40. The van der Waals surface area contributed by atoms with Crippen molar-refractivity contribution in [1.82, 2.24) is 0 Å². The van der Waals surface area contributed by atoms with Gasteiger partial charge in [0.2, 0.25) is 0 Å². The Bertz CT molecular complexity index is 598. The van der Waals surface area contributed by atoms with Crippen molar-refractivity contribution in [2.45, 2.75) is 58.3 Å². The standard InChI is InChI=1S/C21H26/c1-15-4-7-18(8-5-15)19-10-12-20(13-11-19)21-9-6-16(2)17(3)14-21/h4-9,14,19-20H,10-13H2,1-3H3. The smallest absolute Gasteiger partial charge is 0.0161 e. The zero-order chi connectivity index (χ0) is 14.8. The Hall–Kier alpha value is -1.56. The molecule has 0 radical (unpaired) electrons. The van der Waals surface area contributed by atoms with Crippen LogP contribution in [-0.4, -0.2) is 0 Å². The van der Waals surface area contributed by atoms with E-state index < -0.39 is 0 Å². The molecular weight excluding hydrogens is 252 g/mol. The Morgan fingerprint density at radius 3 is 1.71 bits per heavy atom. The Labute approximate surface area is 129 Å². The highest BCUT2D eigenvalue weighted by Gasteiger charge is 2.23. The molecule has 1 saturated carbocycles. The lowest BCUT2D eigenvalue weighted by Gasteiger charge is -2.29. The molecule has 0 heteroatoms. The van der Waals surface area contributed by atoms with Crippen LogP contribution in [0.15, 0.2) is 42.5 Å². The third-order valence-electron chi connectivity index (χ3n) is 5.28. The molecule has 0 unspecified atom stereocenters. The first-order chi connectivity index (χ1) is 10.1. The fourth-order valence-corrected chi connectivity index (χ4v) is 3.62. The van der Waals surface area contributed by atoms with Gasteiger partial charge < -0.3 is 0 Å². The van der Waals surface area contributed by atoms with Gasteiger partial charge in [-0.05, 0) is 80.5 Å². The van der Waals surface area contributed by atoms with E-state index in [0.29, 0.717) is 0 Å². The van der Waals surface area contributed by atoms with Gasteiger partial charge in [-0.15, -0.1) is 0 Å². The number of rotatable bonds is 2. The van der Waals surface area contributed by atoms with Crippen LogP contribution in [0.3, 0.4) is 0 Å². The van der Waals surface area contributed by atoms with Crippen LogP contribution in [0.1, 0.15) is 65.3 Å². The maximum Gasteiger partial charge on any atom is -0.0161 e. The number of benzene rings is 2. The van der Waals surface area contributed by atoms with E-state index in [1.165, 1.54) is 42.4 Å². The van der Waals surface area contributed by atoms with E-state index in [1.54, 1.807) is 11.1 Å². The molecular formula is C21H26. The average Bonchev–Trinajstić information content (AvgIpc) is 2.51. The van der Waals surface area contributed by atoms with Crippen LogP contribution in [-0.2, 0) is 0 Å². The van der Waals surface area contributed by atoms with Crippen molar-refractivity contribution in [3.8, 4) is 0 Å². The number of aryl methyl sites for hydroxylation is 3. The Balaban J connectivity index is 1.67. The summed E-state index contributed by atoms with van der Waals surface area (Å²) in [7, 11) is 0. The van der Waals surface area contributed by atoms with Gasteiger partial charge in [0.05, 0.1) is 0 Å². The van der Waals surface area contributed by atoms with Gasteiger partial charge in [-0.3, -0.25) is 0 Å². The second-order valence-electron chi connectivity index (χ2n) is 6.80. The number of hydrogen-bond acceptors (Lipinski definition) is 0. The van der Waals surface area contributed by atoms with Crippen molar-refractivity contribution >= 4 is 0 Å². The summed E-state index contributed by atoms with van der Waals surface area (Å²) in [5.74, 6) is 1.54. The minimum atomic E-state index is 0.769. The third kappa shape index (κ3) is 3.20. The summed E-state index contributed by atoms with van der Waals surface area (Å²) in [5, 5.41) is 0. The Morgan fingerprint density at radius 2 is 1.14 bits per heavy atom. The highest BCUT2D eigenvalue weighted by molar-refractivity contribution is 5.33. The fourth-order valence-electron chi connectivity index (χ4n) is 3.62. The van der Waals surface area contributed by atoms with E-state index in [-0.39, 0.29) is 0 Å². The molecule has 0 nitrogen and oxygen atoms in total. The normalized spacial score (nSPS) is 22.2. The molecule has 0 amide bonds. The van der Waals surface area contributed by atoms with E-state index in [9.17, 15) is 0 Å². The van der Waals surface area contributed by atoms with E-state index in [1.807, 2.05) is 0 Å².